The van der Waals surface area contributed by atoms with Gasteiger partial charge in [-0.25, -0.2) is 0 Å². The summed E-state index contributed by atoms with van der Waals surface area (Å²) in [6, 6.07) is 5.74. The summed E-state index contributed by atoms with van der Waals surface area (Å²) in [7, 11) is 0. The molecule has 110 valence electrons. The number of benzene rings is 1. The molecule has 0 saturated heterocycles. The summed E-state index contributed by atoms with van der Waals surface area (Å²) in [5.41, 5.74) is -0.375. The SMILES string of the molecule is O=C(O)Cc1cc(-c2ccc(C(F)(F)F)cc2)c[nH]c1=O. The van der Waals surface area contributed by atoms with E-state index in [4.69, 9.17) is 5.11 Å². The Balaban J connectivity index is 2.38. The fourth-order valence-electron chi connectivity index (χ4n) is 1.84. The highest BCUT2D eigenvalue weighted by Gasteiger charge is 2.29. The van der Waals surface area contributed by atoms with Crippen molar-refractivity contribution in [2.75, 3.05) is 0 Å². The fraction of sp³-hybridized carbons (Fsp3) is 0.143. The van der Waals surface area contributed by atoms with Gasteiger partial charge in [-0.1, -0.05) is 12.1 Å². The molecule has 2 N–H and O–H groups in total. The van der Waals surface area contributed by atoms with Crippen molar-refractivity contribution in [1.29, 1.82) is 0 Å². The zero-order chi connectivity index (χ0) is 15.6. The van der Waals surface area contributed by atoms with Gasteiger partial charge in [-0.2, -0.15) is 13.2 Å². The lowest BCUT2D eigenvalue weighted by Crippen LogP contribution is -2.15. The number of nitrogens with one attached hydrogen (secondary N) is 1. The first-order valence-corrected chi connectivity index (χ1v) is 5.88. The largest absolute Gasteiger partial charge is 0.481 e. The van der Waals surface area contributed by atoms with Crippen molar-refractivity contribution >= 4 is 5.97 Å². The lowest BCUT2D eigenvalue weighted by atomic mass is 10.0. The molecule has 0 atom stereocenters. The normalized spacial score (nSPS) is 11.4. The number of hydrogen-bond donors (Lipinski definition) is 2. The van der Waals surface area contributed by atoms with Crippen LogP contribution < -0.4 is 5.56 Å². The van der Waals surface area contributed by atoms with Gasteiger partial charge in [0.15, 0.2) is 0 Å². The number of aliphatic carboxylic acids is 1. The third-order valence-corrected chi connectivity index (χ3v) is 2.87. The third kappa shape index (κ3) is 3.50. The standard InChI is InChI=1S/C14H10F3NO3/c15-14(16,17)11-3-1-8(2-4-11)10-5-9(6-12(19)20)13(21)18-7-10/h1-5,7H,6H2,(H,18,21)(H,19,20). The van der Waals surface area contributed by atoms with Crippen molar-refractivity contribution in [3.63, 3.8) is 0 Å². The minimum atomic E-state index is -4.42. The Labute approximate surface area is 116 Å². The number of aromatic amines is 1. The third-order valence-electron chi connectivity index (χ3n) is 2.87. The Hall–Kier alpha value is -2.57. The second-order valence-electron chi connectivity index (χ2n) is 4.39. The molecule has 2 rings (SSSR count). The minimum absolute atomic E-state index is 0.0416. The Bertz CT molecular complexity index is 717. The van der Waals surface area contributed by atoms with Gasteiger partial charge in [0.05, 0.1) is 12.0 Å². The average molecular weight is 297 g/mol. The predicted molar refractivity (Wildman–Crippen MR) is 68.8 cm³/mol. The van der Waals surface area contributed by atoms with Crippen molar-refractivity contribution in [2.24, 2.45) is 0 Å². The number of rotatable bonds is 3. The van der Waals surface area contributed by atoms with Crippen LogP contribution in [0.1, 0.15) is 11.1 Å². The van der Waals surface area contributed by atoms with Crippen LogP contribution in [0.25, 0.3) is 11.1 Å². The van der Waals surface area contributed by atoms with Gasteiger partial charge in [0.2, 0.25) is 0 Å². The highest BCUT2D eigenvalue weighted by atomic mass is 19.4. The topological polar surface area (TPSA) is 70.2 Å². The zero-order valence-corrected chi connectivity index (χ0v) is 10.6. The quantitative estimate of drug-likeness (QED) is 0.915. The monoisotopic (exact) mass is 297 g/mol. The van der Waals surface area contributed by atoms with Gasteiger partial charge >= 0.3 is 12.1 Å². The summed E-state index contributed by atoms with van der Waals surface area (Å²) >= 11 is 0. The smallest absolute Gasteiger partial charge is 0.416 e. The molecule has 0 aliphatic heterocycles. The van der Waals surface area contributed by atoms with Crippen LogP contribution in [0.3, 0.4) is 0 Å². The molecule has 0 radical (unpaired) electrons. The molecule has 1 heterocycles. The summed E-state index contributed by atoms with van der Waals surface area (Å²) < 4.78 is 37.4. The van der Waals surface area contributed by atoms with Gasteiger partial charge < -0.3 is 10.1 Å². The van der Waals surface area contributed by atoms with E-state index in [1.165, 1.54) is 24.4 Å². The van der Waals surface area contributed by atoms with E-state index in [0.29, 0.717) is 11.1 Å². The number of halogens is 3. The summed E-state index contributed by atoms with van der Waals surface area (Å²) in [6.45, 7) is 0. The lowest BCUT2D eigenvalue weighted by molar-refractivity contribution is -0.138. The van der Waals surface area contributed by atoms with Crippen LogP contribution in [-0.2, 0) is 17.4 Å². The maximum Gasteiger partial charge on any atom is 0.416 e. The molecule has 2 aromatic rings. The maximum atomic E-state index is 12.5. The van der Waals surface area contributed by atoms with E-state index in [1.54, 1.807) is 0 Å². The zero-order valence-electron chi connectivity index (χ0n) is 10.6. The van der Waals surface area contributed by atoms with Crippen LogP contribution >= 0.6 is 0 Å². The van der Waals surface area contributed by atoms with E-state index in [-0.39, 0.29) is 5.56 Å². The summed E-state index contributed by atoms with van der Waals surface area (Å²) in [6.07, 6.45) is -3.54. The Morgan fingerprint density at radius 1 is 1.14 bits per heavy atom. The Morgan fingerprint density at radius 2 is 1.76 bits per heavy atom. The molecule has 1 aromatic heterocycles. The molecule has 0 unspecified atom stereocenters. The van der Waals surface area contributed by atoms with Crippen molar-refractivity contribution in [2.45, 2.75) is 12.6 Å². The average Bonchev–Trinajstić information content (AvgIpc) is 2.40. The van der Waals surface area contributed by atoms with Gasteiger partial charge in [-0.15, -0.1) is 0 Å². The lowest BCUT2D eigenvalue weighted by Gasteiger charge is -2.08. The number of carboxylic acids is 1. The van der Waals surface area contributed by atoms with E-state index in [9.17, 15) is 22.8 Å². The Morgan fingerprint density at radius 3 is 2.29 bits per heavy atom. The van der Waals surface area contributed by atoms with Gasteiger partial charge in [0.25, 0.3) is 5.56 Å². The van der Waals surface area contributed by atoms with Crippen molar-refractivity contribution < 1.29 is 23.1 Å². The number of carbonyl (C=O) groups is 1. The minimum Gasteiger partial charge on any atom is -0.481 e. The summed E-state index contributed by atoms with van der Waals surface area (Å²) in [5, 5.41) is 8.70. The van der Waals surface area contributed by atoms with Gasteiger partial charge in [0.1, 0.15) is 0 Å². The van der Waals surface area contributed by atoms with Crippen molar-refractivity contribution in [3.8, 4) is 11.1 Å². The van der Waals surface area contributed by atoms with E-state index < -0.39 is 29.7 Å². The van der Waals surface area contributed by atoms with Crippen LogP contribution in [0.2, 0.25) is 0 Å². The first-order valence-electron chi connectivity index (χ1n) is 5.88. The van der Waals surface area contributed by atoms with E-state index in [0.717, 1.165) is 12.1 Å². The number of aromatic nitrogens is 1. The molecule has 0 aliphatic carbocycles. The molecule has 4 nitrogen and oxygen atoms in total. The van der Waals surface area contributed by atoms with Crippen LogP contribution in [0.5, 0.6) is 0 Å². The van der Waals surface area contributed by atoms with E-state index in [2.05, 4.69) is 4.98 Å². The molecule has 0 fully saturated rings. The van der Waals surface area contributed by atoms with E-state index >= 15 is 0 Å². The maximum absolute atomic E-state index is 12.5. The predicted octanol–water partition coefficient (Wildman–Crippen LogP) is 2.69. The number of H-pyrrole nitrogens is 1. The van der Waals surface area contributed by atoms with E-state index in [1.807, 2.05) is 0 Å². The van der Waals surface area contributed by atoms with Gasteiger partial charge in [0, 0.05) is 11.8 Å². The summed E-state index contributed by atoms with van der Waals surface area (Å²) in [5.74, 6) is -1.16. The Kier molecular flexibility index (Phi) is 3.84. The number of carboxylic acid groups (broad SMARTS) is 1. The van der Waals surface area contributed by atoms with Crippen molar-refractivity contribution in [3.05, 3.63) is 58.0 Å². The van der Waals surface area contributed by atoms with Crippen LogP contribution in [0.15, 0.2) is 41.3 Å². The van der Waals surface area contributed by atoms with Crippen LogP contribution in [-0.4, -0.2) is 16.1 Å². The molecule has 0 aliphatic rings. The van der Waals surface area contributed by atoms with Gasteiger partial charge in [-0.3, -0.25) is 9.59 Å². The van der Waals surface area contributed by atoms with Crippen LogP contribution in [0.4, 0.5) is 13.2 Å². The van der Waals surface area contributed by atoms with Crippen molar-refractivity contribution in [1.82, 2.24) is 4.98 Å². The first-order chi connectivity index (χ1) is 9.77. The molecular weight excluding hydrogens is 287 g/mol. The number of pyridine rings is 1. The molecule has 0 bridgehead atoms. The molecule has 7 heteroatoms. The molecular formula is C14H10F3NO3. The fourth-order valence-corrected chi connectivity index (χ4v) is 1.84. The molecule has 0 amide bonds. The molecule has 0 saturated carbocycles. The van der Waals surface area contributed by atoms with Crippen LogP contribution in [0, 0.1) is 0 Å². The molecule has 1 aromatic carbocycles. The highest BCUT2D eigenvalue weighted by molar-refractivity contribution is 5.71. The first kappa shape index (κ1) is 14.8. The number of alkyl halides is 3. The van der Waals surface area contributed by atoms with Gasteiger partial charge in [-0.05, 0) is 29.3 Å². The molecule has 21 heavy (non-hydrogen) atoms. The number of hydrogen-bond acceptors (Lipinski definition) is 2. The molecule has 0 spiro atoms. The second kappa shape index (κ2) is 5.43. The second-order valence-corrected chi connectivity index (χ2v) is 4.39. The highest BCUT2D eigenvalue weighted by Crippen LogP contribution is 2.30. The summed E-state index contributed by atoms with van der Waals surface area (Å²) in [4.78, 5) is 24.5.